The first-order chi connectivity index (χ1) is 8.56. The molecule has 1 atom stereocenters. The Balaban J connectivity index is 2.86. The number of aromatic carboxylic acids is 1. The van der Waals surface area contributed by atoms with E-state index in [0.717, 1.165) is 0 Å². The van der Waals surface area contributed by atoms with Crippen LogP contribution < -0.4 is 0 Å². The first-order valence-electron chi connectivity index (χ1n) is 5.71. The summed E-state index contributed by atoms with van der Waals surface area (Å²) in [5.41, 5.74) is 0.742. The number of rotatable bonds is 7. The normalized spacial score (nSPS) is 12.1. The third kappa shape index (κ3) is 4.07. The molecule has 0 aliphatic heterocycles. The van der Waals surface area contributed by atoms with Crippen molar-refractivity contribution < 1.29 is 19.8 Å². The minimum Gasteiger partial charge on any atom is -0.481 e. The van der Waals surface area contributed by atoms with Gasteiger partial charge in [-0.25, -0.2) is 4.79 Å². The summed E-state index contributed by atoms with van der Waals surface area (Å²) in [5, 5.41) is 18.2. The van der Waals surface area contributed by atoms with Crippen LogP contribution in [0.1, 0.15) is 28.8 Å². The van der Waals surface area contributed by atoms with Gasteiger partial charge in [-0.15, -0.1) is 0 Å². The molecule has 0 heterocycles. The van der Waals surface area contributed by atoms with E-state index in [1.165, 1.54) is 6.07 Å². The van der Waals surface area contributed by atoms with E-state index in [0.29, 0.717) is 24.2 Å². The maximum absolute atomic E-state index is 11.1. The Kier molecular flexibility index (Phi) is 5.71. The van der Waals surface area contributed by atoms with Crippen molar-refractivity contribution in [1.29, 1.82) is 0 Å². The molecule has 5 heteroatoms. The second-order valence-corrected chi connectivity index (χ2v) is 4.51. The van der Waals surface area contributed by atoms with Gasteiger partial charge < -0.3 is 10.2 Å². The van der Waals surface area contributed by atoms with Crippen LogP contribution in [0.15, 0.2) is 24.3 Å². The summed E-state index contributed by atoms with van der Waals surface area (Å²) in [4.78, 5) is 22.1. The molecular weight excluding hydrogens is 252 g/mol. The Morgan fingerprint density at radius 2 is 1.89 bits per heavy atom. The lowest BCUT2D eigenvalue weighted by atomic mass is 9.92. The zero-order valence-electron chi connectivity index (χ0n) is 9.87. The van der Waals surface area contributed by atoms with Crippen molar-refractivity contribution in [3.8, 4) is 0 Å². The van der Waals surface area contributed by atoms with Crippen molar-refractivity contribution >= 4 is 24.6 Å². The van der Waals surface area contributed by atoms with Crippen LogP contribution in [0, 0.1) is 5.92 Å². The summed E-state index contributed by atoms with van der Waals surface area (Å²) in [6, 6.07) is 6.52. The van der Waals surface area contributed by atoms with Crippen LogP contribution >= 0.6 is 12.6 Å². The molecule has 4 nitrogen and oxygen atoms in total. The molecule has 0 saturated heterocycles. The largest absolute Gasteiger partial charge is 0.481 e. The predicted molar refractivity (Wildman–Crippen MR) is 71.3 cm³/mol. The van der Waals surface area contributed by atoms with Gasteiger partial charge in [0.25, 0.3) is 0 Å². The fourth-order valence-corrected chi connectivity index (χ4v) is 2.01. The highest BCUT2D eigenvalue weighted by atomic mass is 32.1. The molecule has 0 aliphatic rings. The van der Waals surface area contributed by atoms with Crippen LogP contribution in [0.3, 0.4) is 0 Å². The van der Waals surface area contributed by atoms with Crippen LogP contribution in [0.5, 0.6) is 0 Å². The van der Waals surface area contributed by atoms with Gasteiger partial charge in [-0.1, -0.05) is 18.2 Å². The molecule has 0 amide bonds. The predicted octanol–water partition coefficient (Wildman–Crippen LogP) is 2.34. The van der Waals surface area contributed by atoms with E-state index in [-0.39, 0.29) is 12.0 Å². The van der Waals surface area contributed by atoms with E-state index in [2.05, 4.69) is 12.6 Å². The highest BCUT2D eigenvalue weighted by Gasteiger charge is 2.20. The zero-order valence-corrected chi connectivity index (χ0v) is 10.8. The summed E-state index contributed by atoms with van der Waals surface area (Å²) in [5.74, 6) is -1.84. The Morgan fingerprint density at radius 3 is 2.44 bits per heavy atom. The molecule has 0 aromatic heterocycles. The van der Waals surface area contributed by atoms with Crippen LogP contribution in [0.2, 0.25) is 0 Å². The second-order valence-electron chi connectivity index (χ2n) is 4.07. The molecule has 0 spiro atoms. The highest BCUT2D eigenvalue weighted by molar-refractivity contribution is 7.80. The zero-order chi connectivity index (χ0) is 13.5. The third-order valence-corrected chi connectivity index (χ3v) is 3.09. The quantitative estimate of drug-likeness (QED) is 0.663. The van der Waals surface area contributed by atoms with Gasteiger partial charge >= 0.3 is 11.9 Å². The maximum atomic E-state index is 11.1. The monoisotopic (exact) mass is 268 g/mol. The molecule has 1 rings (SSSR count). The Labute approximate surface area is 111 Å². The standard InChI is InChI=1S/C13H16O4S/c14-12(15)10(5-3-7-18)8-9-4-1-2-6-11(9)13(16)17/h1-2,4,6,10,18H,3,5,7-8H2,(H,14,15)(H,16,17)/t10-/m1/s1. The lowest BCUT2D eigenvalue weighted by Crippen LogP contribution is -2.18. The summed E-state index contributed by atoms with van der Waals surface area (Å²) in [6.45, 7) is 0. The van der Waals surface area contributed by atoms with Crippen molar-refractivity contribution in [3.05, 3.63) is 35.4 Å². The van der Waals surface area contributed by atoms with Gasteiger partial charge in [-0.05, 0) is 36.6 Å². The number of aliphatic carboxylic acids is 1. The molecule has 1 aromatic carbocycles. The average Bonchev–Trinajstić information content (AvgIpc) is 2.34. The van der Waals surface area contributed by atoms with Crippen molar-refractivity contribution in [2.24, 2.45) is 5.92 Å². The topological polar surface area (TPSA) is 74.6 Å². The Hall–Kier alpha value is -1.49. The number of hydrogen-bond acceptors (Lipinski definition) is 3. The number of benzene rings is 1. The van der Waals surface area contributed by atoms with Crippen LogP contribution in [0.4, 0.5) is 0 Å². The Morgan fingerprint density at radius 1 is 1.22 bits per heavy atom. The number of carboxylic acids is 2. The van der Waals surface area contributed by atoms with E-state index in [1.807, 2.05) is 0 Å². The van der Waals surface area contributed by atoms with Crippen molar-refractivity contribution in [1.82, 2.24) is 0 Å². The van der Waals surface area contributed by atoms with E-state index < -0.39 is 17.9 Å². The summed E-state index contributed by atoms with van der Waals surface area (Å²) in [6.07, 6.45) is 1.45. The van der Waals surface area contributed by atoms with Gasteiger partial charge in [0.15, 0.2) is 0 Å². The van der Waals surface area contributed by atoms with E-state index >= 15 is 0 Å². The first kappa shape index (κ1) is 14.6. The summed E-state index contributed by atoms with van der Waals surface area (Å²) in [7, 11) is 0. The molecule has 0 radical (unpaired) electrons. The molecule has 0 aliphatic carbocycles. The van der Waals surface area contributed by atoms with Gasteiger partial charge in [-0.2, -0.15) is 12.6 Å². The van der Waals surface area contributed by atoms with Gasteiger partial charge in [0.05, 0.1) is 11.5 Å². The number of carboxylic acid groups (broad SMARTS) is 2. The number of hydrogen-bond donors (Lipinski definition) is 3. The summed E-state index contributed by atoms with van der Waals surface area (Å²) < 4.78 is 0. The van der Waals surface area contributed by atoms with Gasteiger partial charge in [0.2, 0.25) is 0 Å². The molecule has 2 N–H and O–H groups in total. The third-order valence-electron chi connectivity index (χ3n) is 2.77. The van der Waals surface area contributed by atoms with Gasteiger partial charge in [-0.3, -0.25) is 4.79 Å². The van der Waals surface area contributed by atoms with Crippen LogP contribution in [-0.2, 0) is 11.2 Å². The molecule has 0 fully saturated rings. The minimum absolute atomic E-state index is 0.176. The summed E-state index contributed by atoms with van der Waals surface area (Å²) >= 11 is 4.06. The van der Waals surface area contributed by atoms with Crippen LogP contribution in [-0.4, -0.2) is 27.9 Å². The second kappa shape index (κ2) is 7.06. The lowest BCUT2D eigenvalue weighted by Gasteiger charge is -2.13. The lowest BCUT2D eigenvalue weighted by molar-refractivity contribution is -0.141. The number of carbonyl (C=O) groups is 2. The van der Waals surface area contributed by atoms with Crippen molar-refractivity contribution in [3.63, 3.8) is 0 Å². The molecule has 0 saturated carbocycles. The van der Waals surface area contributed by atoms with Crippen molar-refractivity contribution in [2.75, 3.05) is 5.75 Å². The highest BCUT2D eigenvalue weighted by Crippen LogP contribution is 2.18. The minimum atomic E-state index is -1.02. The maximum Gasteiger partial charge on any atom is 0.335 e. The Bertz CT molecular complexity index is 431. The number of thiol groups is 1. The van der Waals surface area contributed by atoms with E-state index in [1.54, 1.807) is 18.2 Å². The van der Waals surface area contributed by atoms with E-state index in [4.69, 9.17) is 10.2 Å². The molecule has 1 aromatic rings. The molecule has 18 heavy (non-hydrogen) atoms. The smallest absolute Gasteiger partial charge is 0.335 e. The fraction of sp³-hybridized carbons (Fsp3) is 0.385. The first-order valence-corrected chi connectivity index (χ1v) is 6.34. The van der Waals surface area contributed by atoms with Crippen molar-refractivity contribution in [2.45, 2.75) is 19.3 Å². The molecule has 0 bridgehead atoms. The average molecular weight is 268 g/mol. The fourth-order valence-electron chi connectivity index (χ4n) is 1.82. The molecule has 98 valence electrons. The SMILES string of the molecule is O=C(O)c1ccccc1C[C@@H](CCCS)C(=O)O. The van der Waals surface area contributed by atoms with E-state index in [9.17, 15) is 9.59 Å². The molecule has 0 unspecified atom stereocenters. The molecular formula is C13H16O4S. The van der Waals surface area contributed by atoms with Crippen LogP contribution in [0.25, 0.3) is 0 Å². The van der Waals surface area contributed by atoms with Gasteiger partial charge in [0.1, 0.15) is 0 Å². The van der Waals surface area contributed by atoms with Gasteiger partial charge in [0, 0.05) is 0 Å².